The number of nitrogens with zero attached hydrogens (tertiary/aromatic N) is 3. The Hall–Kier alpha value is -1.32. The van der Waals surface area contributed by atoms with Gasteiger partial charge in [-0.15, -0.1) is 0 Å². The molecule has 0 unspecified atom stereocenters. The van der Waals surface area contributed by atoms with Gasteiger partial charge in [-0.3, -0.25) is 4.99 Å². The molecular weight excluding hydrogens is 188 g/mol. The monoisotopic (exact) mass is 208 g/mol. The van der Waals surface area contributed by atoms with Crippen molar-refractivity contribution >= 4 is 5.84 Å². The molecule has 0 spiro atoms. The number of imidazole rings is 1. The number of nitrogens with two attached hydrogens (primary N) is 1. The van der Waals surface area contributed by atoms with Crippen molar-refractivity contribution in [3.05, 3.63) is 18.7 Å². The summed E-state index contributed by atoms with van der Waals surface area (Å²) in [4.78, 5) is 8.29. The Morgan fingerprint density at radius 1 is 1.47 bits per heavy atom. The molecule has 15 heavy (non-hydrogen) atoms. The lowest BCUT2D eigenvalue weighted by atomic mass is 10.3. The van der Waals surface area contributed by atoms with E-state index in [-0.39, 0.29) is 0 Å². The van der Waals surface area contributed by atoms with Gasteiger partial charge in [0, 0.05) is 31.9 Å². The van der Waals surface area contributed by atoms with Gasteiger partial charge in [-0.1, -0.05) is 6.92 Å². The molecule has 1 heterocycles. The molecule has 0 aliphatic rings. The highest BCUT2D eigenvalue weighted by atomic mass is 15.0. The molecule has 4 heteroatoms. The number of amidine groups is 1. The molecule has 1 rings (SSSR count). The summed E-state index contributed by atoms with van der Waals surface area (Å²) in [5, 5.41) is 0. The standard InChI is InChI=1S/C11H20N4/c1-2-5-11(12)14-6-3-4-8-15-9-7-13-10-15/h7,9-10H,2-6,8H2,1H3,(H2,12,14). The van der Waals surface area contributed by atoms with E-state index < -0.39 is 0 Å². The third-order valence-corrected chi connectivity index (χ3v) is 2.20. The Bertz CT molecular complexity index is 277. The first kappa shape index (κ1) is 11.8. The molecule has 0 aliphatic heterocycles. The molecule has 84 valence electrons. The fourth-order valence-electron chi connectivity index (χ4n) is 1.38. The van der Waals surface area contributed by atoms with Crippen LogP contribution in [0.2, 0.25) is 0 Å². The van der Waals surface area contributed by atoms with Crippen molar-refractivity contribution < 1.29 is 0 Å². The largest absolute Gasteiger partial charge is 0.387 e. The Morgan fingerprint density at radius 2 is 2.33 bits per heavy atom. The van der Waals surface area contributed by atoms with Gasteiger partial charge in [0.1, 0.15) is 0 Å². The molecule has 2 N–H and O–H groups in total. The molecule has 1 aromatic heterocycles. The van der Waals surface area contributed by atoms with Gasteiger partial charge in [-0.2, -0.15) is 0 Å². The first-order valence-electron chi connectivity index (χ1n) is 5.57. The van der Waals surface area contributed by atoms with Crippen molar-refractivity contribution in [2.75, 3.05) is 6.54 Å². The molecule has 0 aliphatic carbocycles. The van der Waals surface area contributed by atoms with Gasteiger partial charge in [0.25, 0.3) is 0 Å². The molecule has 0 bridgehead atoms. The van der Waals surface area contributed by atoms with Gasteiger partial charge in [-0.25, -0.2) is 4.98 Å². The summed E-state index contributed by atoms with van der Waals surface area (Å²) in [6.07, 6.45) is 9.83. The zero-order chi connectivity index (χ0) is 10.9. The normalized spacial score (nSPS) is 11.9. The summed E-state index contributed by atoms with van der Waals surface area (Å²) in [7, 11) is 0. The zero-order valence-corrected chi connectivity index (χ0v) is 9.39. The highest BCUT2D eigenvalue weighted by Crippen LogP contribution is 1.96. The molecule has 0 saturated heterocycles. The Labute approximate surface area is 91.2 Å². The van der Waals surface area contributed by atoms with Crippen LogP contribution in [-0.4, -0.2) is 21.9 Å². The van der Waals surface area contributed by atoms with E-state index in [0.717, 1.165) is 44.6 Å². The van der Waals surface area contributed by atoms with Crippen LogP contribution in [0.5, 0.6) is 0 Å². The molecule has 0 amide bonds. The van der Waals surface area contributed by atoms with Gasteiger partial charge < -0.3 is 10.3 Å². The maximum atomic E-state index is 5.70. The second-order valence-corrected chi connectivity index (χ2v) is 3.63. The number of hydrogen-bond acceptors (Lipinski definition) is 2. The second kappa shape index (κ2) is 7.04. The summed E-state index contributed by atoms with van der Waals surface area (Å²) in [6, 6.07) is 0. The average molecular weight is 208 g/mol. The molecule has 0 fully saturated rings. The third-order valence-electron chi connectivity index (χ3n) is 2.20. The quantitative estimate of drug-likeness (QED) is 0.422. The minimum atomic E-state index is 0.792. The molecular formula is C11H20N4. The maximum absolute atomic E-state index is 5.70. The summed E-state index contributed by atoms with van der Waals surface area (Å²) in [5.74, 6) is 0.792. The van der Waals surface area contributed by atoms with Gasteiger partial charge in [0.05, 0.1) is 12.2 Å². The van der Waals surface area contributed by atoms with E-state index in [0.29, 0.717) is 0 Å². The second-order valence-electron chi connectivity index (χ2n) is 3.63. The summed E-state index contributed by atoms with van der Waals surface area (Å²) >= 11 is 0. The fourth-order valence-corrected chi connectivity index (χ4v) is 1.38. The van der Waals surface area contributed by atoms with Gasteiger partial charge in [0.15, 0.2) is 0 Å². The lowest BCUT2D eigenvalue weighted by Gasteiger charge is -2.01. The number of aromatic nitrogens is 2. The first-order chi connectivity index (χ1) is 7.33. The van der Waals surface area contributed by atoms with Crippen molar-refractivity contribution in [1.82, 2.24) is 9.55 Å². The van der Waals surface area contributed by atoms with Crippen molar-refractivity contribution in [3.63, 3.8) is 0 Å². The highest BCUT2D eigenvalue weighted by Gasteiger charge is 1.92. The number of aryl methyl sites for hydroxylation is 1. The summed E-state index contributed by atoms with van der Waals surface area (Å²) < 4.78 is 2.08. The van der Waals surface area contributed by atoms with Crippen LogP contribution in [-0.2, 0) is 6.54 Å². The number of aliphatic imine (C=N–C) groups is 1. The maximum Gasteiger partial charge on any atom is 0.0945 e. The van der Waals surface area contributed by atoms with Crippen molar-refractivity contribution in [2.45, 2.75) is 39.2 Å². The van der Waals surface area contributed by atoms with Crippen LogP contribution in [0.25, 0.3) is 0 Å². The van der Waals surface area contributed by atoms with Gasteiger partial charge in [0.2, 0.25) is 0 Å². The van der Waals surface area contributed by atoms with Crippen LogP contribution in [0.15, 0.2) is 23.7 Å². The van der Waals surface area contributed by atoms with Crippen LogP contribution in [0, 0.1) is 0 Å². The zero-order valence-electron chi connectivity index (χ0n) is 9.39. The smallest absolute Gasteiger partial charge is 0.0945 e. The predicted molar refractivity (Wildman–Crippen MR) is 62.9 cm³/mol. The fraction of sp³-hybridized carbons (Fsp3) is 0.636. The first-order valence-corrected chi connectivity index (χ1v) is 5.57. The Balaban J connectivity index is 2.04. The molecule has 0 saturated carbocycles. The van der Waals surface area contributed by atoms with Crippen molar-refractivity contribution in [2.24, 2.45) is 10.7 Å². The van der Waals surface area contributed by atoms with Crippen LogP contribution in [0.3, 0.4) is 0 Å². The van der Waals surface area contributed by atoms with E-state index in [1.54, 1.807) is 6.20 Å². The SMILES string of the molecule is CCCC(N)=NCCCCn1ccnc1. The summed E-state index contributed by atoms with van der Waals surface area (Å²) in [6.45, 7) is 3.98. The van der Waals surface area contributed by atoms with Crippen LogP contribution in [0.1, 0.15) is 32.6 Å². The lowest BCUT2D eigenvalue weighted by molar-refractivity contribution is 0.614. The molecule has 1 aromatic rings. The Kier molecular flexibility index (Phi) is 5.51. The van der Waals surface area contributed by atoms with E-state index in [1.807, 2.05) is 12.5 Å². The van der Waals surface area contributed by atoms with E-state index in [9.17, 15) is 0 Å². The topological polar surface area (TPSA) is 56.2 Å². The third kappa shape index (κ3) is 5.20. The molecule has 0 atom stereocenters. The minimum Gasteiger partial charge on any atom is -0.387 e. The number of hydrogen-bond donors (Lipinski definition) is 1. The van der Waals surface area contributed by atoms with Crippen molar-refractivity contribution in [3.8, 4) is 0 Å². The van der Waals surface area contributed by atoms with Crippen LogP contribution in [0.4, 0.5) is 0 Å². The molecule has 0 aromatic carbocycles. The summed E-state index contributed by atoms with van der Waals surface area (Å²) in [5.41, 5.74) is 5.70. The van der Waals surface area contributed by atoms with E-state index in [4.69, 9.17) is 5.73 Å². The van der Waals surface area contributed by atoms with E-state index >= 15 is 0 Å². The van der Waals surface area contributed by atoms with E-state index in [2.05, 4.69) is 21.5 Å². The molecule has 4 nitrogen and oxygen atoms in total. The predicted octanol–water partition coefficient (Wildman–Crippen LogP) is 1.82. The average Bonchev–Trinajstić information content (AvgIpc) is 2.70. The molecule has 0 radical (unpaired) electrons. The Morgan fingerprint density at radius 3 is 3.00 bits per heavy atom. The van der Waals surface area contributed by atoms with Gasteiger partial charge >= 0.3 is 0 Å². The number of rotatable bonds is 7. The lowest BCUT2D eigenvalue weighted by Crippen LogP contribution is -2.11. The van der Waals surface area contributed by atoms with E-state index in [1.165, 1.54) is 0 Å². The number of unbranched alkanes of at least 4 members (excludes halogenated alkanes) is 1. The van der Waals surface area contributed by atoms with Crippen LogP contribution >= 0.6 is 0 Å². The minimum absolute atomic E-state index is 0.792. The highest BCUT2D eigenvalue weighted by molar-refractivity contribution is 5.80. The van der Waals surface area contributed by atoms with Crippen LogP contribution < -0.4 is 5.73 Å². The van der Waals surface area contributed by atoms with Crippen molar-refractivity contribution in [1.29, 1.82) is 0 Å². The van der Waals surface area contributed by atoms with Gasteiger partial charge in [-0.05, 0) is 19.3 Å².